The lowest BCUT2D eigenvalue weighted by atomic mass is 12.0. The third kappa shape index (κ3) is 131. The van der Waals surface area contributed by atoms with E-state index in [1.54, 1.807) is 0 Å². The third-order valence-electron chi connectivity index (χ3n) is 0. The minimum Gasteiger partial charge on any atom is -0.205 e. The van der Waals surface area contributed by atoms with E-state index in [9.17, 15) is 8.42 Å². The molecule has 0 aliphatic carbocycles. The van der Waals surface area contributed by atoms with Gasteiger partial charge in [-0.15, -0.1) is 0 Å². The van der Waals surface area contributed by atoms with Crippen molar-refractivity contribution in [1.82, 2.24) is 0 Å². The topological polar surface area (TPSA) is 34.1 Å². The monoisotopic (exact) mass is 472 g/mol. The molecule has 0 aliphatic heterocycles. The quantitative estimate of drug-likeness (QED) is 0.396. The Hall–Kier alpha value is 2.35. The smallest absolute Gasteiger partial charge is 0.205 e. The lowest BCUT2D eigenvalue weighted by Gasteiger charge is -1.70. The Labute approximate surface area is 93.9 Å². The summed E-state index contributed by atoms with van der Waals surface area (Å²) >= 11 is 13.8. The molecule has 0 amide bonds. The number of alkyl halides is 3. The average Bonchev–Trinajstić information content (AvgIpc) is 1.19. The van der Waals surface area contributed by atoms with Crippen LogP contribution in [-0.4, -0.2) is 11.1 Å². The van der Waals surface area contributed by atoms with Crippen LogP contribution in [0.1, 0.15) is 0 Å². The molecule has 0 rings (SSSR count). The number of rotatable bonds is 0. The van der Waals surface area contributed by atoms with Crippen molar-refractivity contribution in [3.63, 3.8) is 0 Å². The summed E-state index contributed by atoms with van der Waals surface area (Å²) in [6, 6.07) is 0. The van der Waals surface area contributed by atoms with Gasteiger partial charge in [-0.1, -0.05) is 47.8 Å². The Bertz CT molecular complexity index is 126. The number of hydrogen-bond donors (Lipinski definition) is 0. The molecule has 0 aromatic carbocycles. The van der Waals surface area contributed by atoms with Gasteiger partial charge in [0, 0.05) is 0 Å². The molecule has 9 heavy (non-hydrogen) atoms. The van der Waals surface area contributed by atoms with Crippen LogP contribution in [0.15, 0.2) is 0 Å². The highest BCUT2D eigenvalue weighted by Gasteiger charge is 1.87. The minimum atomic E-state index is -3.04. The molecule has 2 nitrogen and oxygen atoms in total. The van der Waals surface area contributed by atoms with Gasteiger partial charge in [-0.25, -0.2) is 8.42 Å². The first-order valence-corrected chi connectivity index (χ1v) is 9.21. The van der Waals surface area contributed by atoms with Crippen LogP contribution < -0.4 is 0 Å². The highest BCUT2D eigenvalue weighted by Crippen LogP contribution is 2.13. The van der Waals surface area contributed by atoms with Crippen molar-refractivity contribution >= 4 is 84.1 Å². The molecular formula is CHBr5O2S. The first-order chi connectivity index (χ1) is 3.73. The van der Waals surface area contributed by atoms with Crippen LogP contribution >= 0.6 is 77.4 Å². The summed E-state index contributed by atoms with van der Waals surface area (Å²) in [6.45, 7) is -3.04. The van der Waals surface area contributed by atoms with Crippen molar-refractivity contribution in [2.75, 3.05) is 0 Å². The summed E-state index contributed by atoms with van der Waals surface area (Å²) in [6.07, 6.45) is 0. The summed E-state index contributed by atoms with van der Waals surface area (Å²) in [5.74, 6) is 0. The van der Waals surface area contributed by atoms with Crippen LogP contribution in [0.2, 0.25) is 0 Å². The molecule has 8 heteroatoms. The molecule has 58 valence electrons. The van der Waals surface area contributed by atoms with Crippen molar-refractivity contribution in [2.45, 2.75) is 2.65 Å². The fraction of sp³-hybridized carbons (Fsp3) is 1.00. The molecule has 0 unspecified atom stereocenters. The van der Waals surface area contributed by atoms with Gasteiger partial charge in [0.1, 0.15) is 2.65 Å². The van der Waals surface area contributed by atoms with Crippen molar-refractivity contribution in [3.05, 3.63) is 0 Å². The molecule has 0 fully saturated rings. The van der Waals surface area contributed by atoms with Crippen LogP contribution in [0, 0.1) is 0 Å². The lowest BCUT2D eigenvalue weighted by Crippen LogP contribution is -1.60. The summed E-state index contributed by atoms with van der Waals surface area (Å²) in [5.41, 5.74) is 0. The average molecular weight is 477 g/mol. The SMILES string of the molecule is BrC(Br)Br.O=S(=O)(Br)Br. The zero-order valence-electron chi connectivity index (χ0n) is 3.69. The Kier molecular flexibility index (Phi) is 10.9. The van der Waals surface area contributed by atoms with Crippen LogP contribution in [0.25, 0.3) is 0 Å². The second-order valence-electron chi connectivity index (χ2n) is 0.626. The second-order valence-corrected chi connectivity index (χ2v) is 15.5. The molecule has 0 bridgehead atoms. The van der Waals surface area contributed by atoms with E-state index in [4.69, 9.17) is 0 Å². The zero-order valence-corrected chi connectivity index (χ0v) is 12.4. The van der Waals surface area contributed by atoms with Gasteiger partial charge in [-0.2, -0.15) is 0 Å². The van der Waals surface area contributed by atoms with E-state index in [1.165, 1.54) is 0 Å². The standard InChI is InChI=1S/CHBr3.Br2O2S/c2-1(3)4;1-5(2,3)4/h1H;. The Morgan fingerprint density at radius 1 is 1.00 bits per heavy atom. The molecule has 0 heterocycles. The highest BCUT2D eigenvalue weighted by molar-refractivity contribution is 9.79. The van der Waals surface area contributed by atoms with E-state index in [2.05, 4.69) is 77.4 Å². The maximum Gasteiger partial charge on any atom is 0.268 e. The largest absolute Gasteiger partial charge is 0.268 e. The highest BCUT2D eigenvalue weighted by atomic mass is 80.0. The van der Waals surface area contributed by atoms with Crippen LogP contribution in [0.4, 0.5) is 0 Å². The van der Waals surface area contributed by atoms with Crippen molar-refractivity contribution < 1.29 is 8.42 Å². The predicted octanol–water partition coefficient (Wildman–Crippen LogP) is 3.48. The van der Waals surface area contributed by atoms with Crippen LogP contribution in [0.5, 0.6) is 0 Å². The lowest BCUT2D eigenvalue weighted by molar-refractivity contribution is 0.625. The second kappa shape index (κ2) is 7.02. The van der Waals surface area contributed by atoms with Gasteiger partial charge in [0.15, 0.2) is 0 Å². The number of hydrogen-bond acceptors (Lipinski definition) is 2. The van der Waals surface area contributed by atoms with E-state index in [-0.39, 0.29) is 2.65 Å². The summed E-state index contributed by atoms with van der Waals surface area (Å²) < 4.78 is 19.2. The van der Waals surface area contributed by atoms with Gasteiger partial charge in [0.2, 0.25) is 0 Å². The summed E-state index contributed by atoms with van der Waals surface area (Å²) in [7, 11) is 0. The fourth-order valence-electron chi connectivity index (χ4n) is 0. The van der Waals surface area contributed by atoms with Gasteiger partial charge in [0.25, 0.3) is 6.70 Å². The molecule has 0 aromatic rings. The molecule has 0 saturated carbocycles. The van der Waals surface area contributed by atoms with Crippen molar-refractivity contribution in [1.29, 1.82) is 0 Å². The minimum absolute atomic E-state index is 0.271. The van der Waals surface area contributed by atoms with Gasteiger partial charge in [-0.05, 0) is 0 Å². The van der Waals surface area contributed by atoms with Crippen LogP contribution in [-0.2, 0) is 6.70 Å². The van der Waals surface area contributed by atoms with Crippen molar-refractivity contribution in [2.24, 2.45) is 0 Å². The van der Waals surface area contributed by atoms with Crippen LogP contribution in [0.3, 0.4) is 0 Å². The molecule has 0 spiro atoms. The van der Waals surface area contributed by atoms with E-state index in [0.29, 0.717) is 0 Å². The summed E-state index contributed by atoms with van der Waals surface area (Å²) in [5, 5.41) is 0. The summed E-state index contributed by atoms with van der Waals surface area (Å²) in [4.78, 5) is 0. The molecule has 0 saturated heterocycles. The third-order valence-corrected chi connectivity index (χ3v) is 0. The van der Waals surface area contributed by atoms with Gasteiger partial charge in [0.05, 0.1) is 29.6 Å². The molecular weight excluding hydrogens is 476 g/mol. The van der Waals surface area contributed by atoms with E-state index in [0.717, 1.165) is 0 Å². The van der Waals surface area contributed by atoms with E-state index >= 15 is 0 Å². The van der Waals surface area contributed by atoms with Gasteiger partial charge >= 0.3 is 0 Å². The molecule has 0 N–H and O–H groups in total. The number of halogens is 5. The first-order valence-electron chi connectivity index (χ1n) is 1.30. The predicted molar refractivity (Wildman–Crippen MR) is 57.3 cm³/mol. The Morgan fingerprint density at radius 3 is 1.00 bits per heavy atom. The molecule has 0 atom stereocenters. The zero-order chi connectivity index (χ0) is 8.08. The normalized spacial score (nSPS) is 10.4. The van der Waals surface area contributed by atoms with Gasteiger partial charge in [-0.3, -0.25) is 0 Å². The molecule has 0 aromatic heterocycles. The Morgan fingerprint density at radius 2 is 1.00 bits per heavy atom. The first kappa shape index (κ1) is 13.9. The fourth-order valence-corrected chi connectivity index (χ4v) is 0. The van der Waals surface area contributed by atoms with E-state index < -0.39 is 6.70 Å². The maximum absolute atomic E-state index is 9.47. The molecule has 0 aliphatic rings. The Balaban J connectivity index is 0. The van der Waals surface area contributed by atoms with Crippen molar-refractivity contribution in [3.8, 4) is 0 Å². The molecule has 0 radical (unpaired) electrons. The van der Waals surface area contributed by atoms with Gasteiger partial charge < -0.3 is 0 Å². The maximum atomic E-state index is 9.47. The van der Waals surface area contributed by atoms with E-state index in [1.807, 2.05) is 0 Å².